The second-order valence-electron chi connectivity index (χ2n) is 7.36. The van der Waals surface area contributed by atoms with Gasteiger partial charge in [0.25, 0.3) is 5.91 Å². The van der Waals surface area contributed by atoms with Crippen LogP contribution in [0.5, 0.6) is 0 Å². The molecular formula is C22H26F2N2O2. The highest BCUT2D eigenvalue weighted by atomic mass is 19.1. The molecule has 0 saturated carbocycles. The lowest BCUT2D eigenvalue weighted by Gasteiger charge is -2.38. The summed E-state index contributed by atoms with van der Waals surface area (Å²) < 4.78 is 27.0. The predicted molar refractivity (Wildman–Crippen MR) is 104 cm³/mol. The molecule has 2 N–H and O–H groups in total. The monoisotopic (exact) mass is 388 g/mol. The summed E-state index contributed by atoms with van der Waals surface area (Å²) in [6.07, 6.45) is 2.77. The fourth-order valence-corrected chi connectivity index (χ4v) is 3.64. The maximum absolute atomic E-state index is 13.7. The van der Waals surface area contributed by atoms with Crippen LogP contribution in [0, 0.1) is 11.6 Å². The van der Waals surface area contributed by atoms with E-state index in [1.807, 2.05) is 18.2 Å². The molecule has 1 amide bonds. The molecule has 1 aliphatic heterocycles. The number of aliphatic hydroxyl groups is 1. The molecule has 150 valence electrons. The van der Waals surface area contributed by atoms with Crippen LogP contribution in [0.4, 0.5) is 8.78 Å². The van der Waals surface area contributed by atoms with E-state index in [2.05, 4.69) is 17.4 Å². The number of hydrogen-bond donors (Lipinski definition) is 2. The molecule has 1 fully saturated rings. The second-order valence-corrected chi connectivity index (χ2v) is 7.36. The highest BCUT2D eigenvalue weighted by Gasteiger charge is 2.41. The normalized spacial score (nSPS) is 19.8. The topological polar surface area (TPSA) is 52.6 Å². The van der Waals surface area contributed by atoms with Gasteiger partial charge in [0.05, 0.1) is 0 Å². The minimum atomic E-state index is -1.51. The van der Waals surface area contributed by atoms with Crippen LogP contribution >= 0.6 is 0 Å². The van der Waals surface area contributed by atoms with Crippen LogP contribution < -0.4 is 5.32 Å². The van der Waals surface area contributed by atoms with Gasteiger partial charge in [0.2, 0.25) is 0 Å². The number of carbonyl (C=O) groups is 1. The molecule has 0 radical (unpaired) electrons. The van der Waals surface area contributed by atoms with Crippen molar-refractivity contribution in [1.29, 1.82) is 0 Å². The fraction of sp³-hybridized carbons (Fsp3) is 0.409. The molecule has 0 bridgehead atoms. The summed E-state index contributed by atoms with van der Waals surface area (Å²) in [4.78, 5) is 14.5. The summed E-state index contributed by atoms with van der Waals surface area (Å²) in [7, 11) is 0. The first kappa shape index (κ1) is 20.4. The standard InChI is InChI=1S/C22H26F2N2O2/c23-19-9-10-20(24)18(14-19)15-25-16-22(28)11-5-13-26(21(22)27)12-4-8-17-6-2-1-3-7-17/h1-3,6-7,9-10,14,25,28H,4-5,8,11-13,15-16H2. The van der Waals surface area contributed by atoms with Crippen molar-refractivity contribution >= 4 is 5.91 Å². The zero-order chi connectivity index (χ0) is 20.0. The Morgan fingerprint density at radius 3 is 2.71 bits per heavy atom. The van der Waals surface area contributed by atoms with Gasteiger partial charge >= 0.3 is 0 Å². The van der Waals surface area contributed by atoms with E-state index >= 15 is 0 Å². The third-order valence-electron chi connectivity index (χ3n) is 5.18. The van der Waals surface area contributed by atoms with Crippen molar-refractivity contribution < 1.29 is 18.7 Å². The van der Waals surface area contributed by atoms with Crippen LogP contribution in [0.3, 0.4) is 0 Å². The molecule has 1 saturated heterocycles. The number of benzene rings is 2. The van der Waals surface area contributed by atoms with Gasteiger partial charge in [0.1, 0.15) is 11.6 Å². The van der Waals surface area contributed by atoms with E-state index in [4.69, 9.17) is 0 Å². The number of likely N-dealkylation sites (tertiary alicyclic amines) is 1. The maximum Gasteiger partial charge on any atom is 0.255 e. The lowest BCUT2D eigenvalue weighted by Crippen LogP contribution is -2.58. The van der Waals surface area contributed by atoms with Crippen molar-refractivity contribution in [2.24, 2.45) is 0 Å². The van der Waals surface area contributed by atoms with E-state index in [9.17, 15) is 18.7 Å². The molecule has 1 aliphatic rings. The zero-order valence-electron chi connectivity index (χ0n) is 15.8. The van der Waals surface area contributed by atoms with Crippen LogP contribution in [0.1, 0.15) is 30.4 Å². The van der Waals surface area contributed by atoms with Crippen molar-refractivity contribution in [3.63, 3.8) is 0 Å². The van der Waals surface area contributed by atoms with Crippen molar-refractivity contribution in [1.82, 2.24) is 10.2 Å². The van der Waals surface area contributed by atoms with Crippen LogP contribution in [0.15, 0.2) is 48.5 Å². The van der Waals surface area contributed by atoms with Gasteiger partial charge in [-0.1, -0.05) is 30.3 Å². The van der Waals surface area contributed by atoms with Gasteiger partial charge in [-0.2, -0.15) is 0 Å². The molecule has 2 aromatic rings. The zero-order valence-corrected chi connectivity index (χ0v) is 15.8. The molecular weight excluding hydrogens is 362 g/mol. The van der Waals surface area contributed by atoms with Crippen LogP contribution in [-0.2, 0) is 17.8 Å². The predicted octanol–water partition coefficient (Wildman–Crippen LogP) is 3.04. The number of aryl methyl sites for hydroxylation is 1. The molecule has 6 heteroatoms. The summed E-state index contributed by atoms with van der Waals surface area (Å²) in [6, 6.07) is 13.3. The Hall–Kier alpha value is -2.31. The van der Waals surface area contributed by atoms with Crippen molar-refractivity contribution in [3.05, 3.63) is 71.3 Å². The SMILES string of the molecule is O=C1N(CCCc2ccccc2)CCCC1(O)CNCc1cc(F)ccc1F. The molecule has 0 aromatic heterocycles. The van der Waals surface area contributed by atoms with Gasteiger partial charge in [-0.25, -0.2) is 8.78 Å². The van der Waals surface area contributed by atoms with Crippen LogP contribution in [-0.4, -0.2) is 41.1 Å². The maximum atomic E-state index is 13.7. The number of amides is 1. The molecule has 0 aliphatic carbocycles. The second kappa shape index (κ2) is 9.26. The van der Waals surface area contributed by atoms with Crippen molar-refractivity contribution in [2.75, 3.05) is 19.6 Å². The number of nitrogens with one attached hydrogen (secondary N) is 1. The minimum absolute atomic E-state index is 0.0109. The number of hydrogen-bond acceptors (Lipinski definition) is 3. The van der Waals surface area contributed by atoms with E-state index in [-0.39, 0.29) is 24.6 Å². The Balaban J connectivity index is 1.51. The van der Waals surface area contributed by atoms with Crippen LogP contribution in [0.25, 0.3) is 0 Å². The molecule has 2 aromatic carbocycles. The Morgan fingerprint density at radius 1 is 1.14 bits per heavy atom. The molecule has 1 heterocycles. The molecule has 4 nitrogen and oxygen atoms in total. The molecule has 3 rings (SSSR count). The van der Waals surface area contributed by atoms with E-state index in [0.717, 1.165) is 31.0 Å². The quantitative estimate of drug-likeness (QED) is 0.731. The van der Waals surface area contributed by atoms with Gasteiger partial charge in [-0.05, 0) is 49.4 Å². The molecule has 28 heavy (non-hydrogen) atoms. The highest BCUT2D eigenvalue weighted by molar-refractivity contribution is 5.86. The number of piperidine rings is 1. The summed E-state index contributed by atoms with van der Waals surface area (Å²) in [5, 5.41) is 13.7. The van der Waals surface area contributed by atoms with Gasteiger partial charge in [-0.15, -0.1) is 0 Å². The average Bonchev–Trinajstić information content (AvgIpc) is 2.69. The Kier molecular flexibility index (Phi) is 6.75. The lowest BCUT2D eigenvalue weighted by atomic mass is 9.91. The highest BCUT2D eigenvalue weighted by Crippen LogP contribution is 2.23. The summed E-state index contributed by atoms with van der Waals surface area (Å²) in [5.74, 6) is -1.33. The van der Waals surface area contributed by atoms with Crippen molar-refractivity contribution in [3.8, 4) is 0 Å². The van der Waals surface area contributed by atoms with E-state index in [0.29, 0.717) is 25.9 Å². The Morgan fingerprint density at radius 2 is 1.93 bits per heavy atom. The van der Waals surface area contributed by atoms with Gasteiger partial charge in [0, 0.05) is 31.7 Å². The van der Waals surface area contributed by atoms with E-state index < -0.39 is 17.2 Å². The lowest BCUT2D eigenvalue weighted by molar-refractivity contribution is -0.156. The van der Waals surface area contributed by atoms with E-state index in [1.165, 1.54) is 5.56 Å². The number of carbonyl (C=O) groups excluding carboxylic acids is 1. The van der Waals surface area contributed by atoms with Gasteiger partial charge in [0.15, 0.2) is 5.60 Å². The average molecular weight is 388 g/mol. The van der Waals surface area contributed by atoms with Crippen molar-refractivity contribution in [2.45, 2.75) is 37.8 Å². The number of rotatable bonds is 8. The summed E-state index contributed by atoms with van der Waals surface area (Å²) in [5.41, 5.74) is -0.109. The number of halogens is 2. The number of nitrogens with zero attached hydrogens (tertiary/aromatic N) is 1. The van der Waals surface area contributed by atoms with E-state index in [1.54, 1.807) is 4.90 Å². The first-order chi connectivity index (χ1) is 13.5. The first-order valence-corrected chi connectivity index (χ1v) is 9.68. The third kappa shape index (κ3) is 5.14. The first-order valence-electron chi connectivity index (χ1n) is 9.68. The summed E-state index contributed by atoms with van der Waals surface area (Å²) >= 11 is 0. The summed E-state index contributed by atoms with van der Waals surface area (Å²) in [6.45, 7) is 1.28. The largest absolute Gasteiger partial charge is 0.379 e. The third-order valence-corrected chi connectivity index (χ3v) is 5.18. The Bertz CT molecular complexity index is 800. The minimum Gasteiger partial charge on any atom is -0.379 e. The Labute approximate surface area is 164 Å². The van der Waals surface area contributed by atoms with Gasteiger partial charge < -0.3 is 15.3 Å². The fourth-order valence-electron chi connectivity index (χ4n) is 3.64. The molecule has 1 atom stereocenters. The smallest absolute Gasteiger partial charge is 0.255 e. The van der Waals surface area contributed by atoms with Gasteiger partial charge in [-0.3, -0.25) is 4.79 Å². The molecule has 0 spiro atoms. The molecule has 1 unspecified atom stereocenters. The van der Waals surface area contributed by atoms with Crippen LogP contribution in [0.2, 0.25) is 0 Å².